The van der Waals surface area contributed by atoms with Crippen LogP contribution in [0.2, 0.25) is 0 Å². The molecule has 0 aliphatic heterocycles. The van der Waals surface area contributed by atoms with Crippen molar-refractivity contribution in [2.45, 2.75) is 19.6 Å². The number of aromatic nitrogens is 2. The normalized spacial score (nSPS) is 11.5. The van der Waals surface area contributed by atoms with E-state index in [1.807, 2.05) is 48.5 Å². The molecule has 0 bridgehead atoms. The predicted octanol–water partition coefficient (Wildman–Crippen LogP) is 4.05. The number of hydrogen-bond donors (Lipinski definition) is 3. The average molecular weight is 414 g/mol. The Labute approximate surface area is 182 Å². The summed E-state index contributed by atoms with van der Waals surface area (Å²) in [6.45, 7) is 1.85. The van der Waals surface area contributed by atoms with Crippen LogP contribution >= 0.6 is 0 Å². The number of benzene rings is 2. The number of para-hydroxylation sites is 1. The van der Waals surface area contributed by atoms with E-state index in [0.717, 1.165) is 30.1 Å². The van der Waals surface area contributed by atoms with Gasteiger partial charge in [0.15, 0.2) is 5.96 Å². The number of aliphatic imine (C=N–C) groups is 1. The van der Waals surface area contributed by atoms with Gasteiger partial charge >= 0.3 is 0 Å². The van der Waals surface area contributed by atoms with E-state index in [2.05, 4.69) is 50.0 Å². The Morgan fingerprint density at radius 1 is 0.968 bits per heavy atom. The molecule has 0 aliphatic rings. The van der Waals surface area contributed by atoms with Crippen molar-refractivity contribution in [3.8, 4) is 5.88 Å². The Morgan fingerprint density at radius 3 is 2.68 bits per heavy atom. The van der Waals surface area contributed by atoms with Crippen molar-refractivity contribution < 1.29 is 4.74 Å². The molecule has 4 aromatic rings. The van der Waals surface area contributed by atoms with Gasteiger partial charge in [-0.3, -0.25) is 4.99 Å². The minimum atomic E-state index is 0.489. The Morgan fingerprint density at radius 2 is 1.81 bits per heavy atom. The summed E-state index contributed by atoms with van der Waals surface area (Å²) in [6, 6.07) is 22.4. The minimum Gasteiger partial charge on any atom is -0.473 e. The quantitative estimate of drug-likeness (QED) is 0.301. The third-order valence-corrected chi connectivity index (χ3v) is 5.10. The highest BCUT2D eigenvalue weighted by molar-refractivity contribution is 5.83. The zero-order valence-electron chi connectivity index (χ0n) is 17.6. The third-order valence-electron chi connectivity index (χ3n) is 5.10. The molecular weight excluding hydrogens is 386 g/mol. The van der Waals surface area contributed by atoms with Crippen LogP contribution in [0.15, 0.2) is 84.1 Å². The fourth-order valence-corrected chi connectivity index (χ4v) is 3.47. The molecular formula is C25H27N5O. The van der Waals surface area contributed by atoms with Crippen LogP contribution in [0.25, 0.3) is 10.9 Å². The van der Waals surface area contributed by atoms with Crippen LogP contribution in [0.5, 0.6) is 5.88 Å². The highest BCUT2D eigenvalue weighted by Crippen LogP contribution is 2.18. The van der Waals surface area contributed by atoms with Crippen molar-refractivity contribution in [1.82, 2.24) is 20.6 Å². The van der Waals surface area contributed by atoms with Gasteiger partial charge in [0.05, 0.1) is 0 Å². The highest BCUT2D eigenvalue weighted by atomic mass is 16.5. The molecule has 31 heavy (non-hydrogen) atoms. The predicted molar refractivity (Wildman–Crippen MR) is 125 cm³/mol. The van der Waals surface area contributed by atoms with E-state index in [9.17, 15) is 0 Å². The average Bonchev–Trinajstić information content (AvgIpc) is 3.24. The topological polar surface area (TPSA) is 74.3 Å². The smallest absolute Gasteiger partial charge is 0.218 e. The first-order chi connectivity index (χ1) is 15.3. The summed E-state index contributed by atoms with van der Waals surface area (Å²) in [5.41, 5.74) is 4.56. The molecule has 0 unspecified atom stereocenters. The van der Waals surface area contributed by atoms with Gasteiger partial charge in [0, 0.05) is 49.0 Å². The summed E-state index contributed by atoms with van der Waals surface area (Å²) >= 11 is 0. The molecule has 0 amide bonds. The number of ether oxygens (including phenoxy) is 1. The first-order valence-corrected chi connectivity index (χ1v) is 10.4. The molecule has 158 valence electrons. The lowest BCUT2D eigenvalue weighted by molar-refractivity contribution is 0.290. The first kappa shape index (κ1) is 20.5. The highest BCUT2D eigenvalue weighted by Gasteiger charge is 2.07. The maximum absolute atomic E-state index is 5.95. The van der Waals surface area contributed by atoms with Gasteiger partial charge in [0.2, 0.25) is 5.88 Å². The molecule has 0 atom stereocenters. The van der Waals surface area contributed by atoms with Crippen molar-refractivity contribution >= 4 is 16.9 Å². The largest absolute Gasteiger partial charge is 0.473 e. The molecule has 0 fully saturated rings. The summed E-state index contributed by atoms with van der Waals surface area (Å²) in [7, 11) is 1.77. The molecule has 0 radical (unpaired) electrons. The zero-order valence-corrected chi connectivity index (χ0v) is 17.6. The number of fused-ring (bicyclic) bond motifs is 1. The van der Waals surface area contributed by atoms with Crippen LogP contribution in [0, 0.1) is 0 Å². The lowest BCUT2D eigenvalue weighted by Gasteiger charge is -2.14. The monoisotopic (exact) mass is 413 g/mol. The van der Waals surface area contributed by atoms with E-state index in [4.69, 9.17) is 4.74 Å². The lowest BCUT2D eigenvalue weighted by Crippen LogP contribution is -2.37. The Bertz CT molecular complexity index is 1140. The van der Waals surface area contributed by atoms with Gasteiger partial charge in [0.1, 0.15) is 6.61 Å². The molecule has 4 rings (SSSR count). The van der Waals surface area contributed by atoms with Crippen LogP contribution in [0.1, 0.15) is 16.7 Å². The van der Waals surface area contributed by atoms with Gasteiger partial charge in [-0.15, -0.1) is 0 Å². The number of nitrogens with zero attached hydrogens (tertiary/aromatic N) is 2. The Kier molecular flexibility index (Phi) is 6.80. The SMILES string of the molecule is CN=C(NCCc1c[nH]c2ccccc12)NCc1cccnc1OCc1ccccc1. The van der Waals surface area contributed by atoms with E-state index in [-0.39, 0.29) is 0 Å². The second-order valence-electron chi connectivity index (χ2n) is 7.20. The summed E-state index contributed by atoms with van der Waals surface area (Å²) in [5.74, 6) is 1.38. The standard InChI is InChI=1S/C25H27N5O/c1-26-25(28-15-13-20-16-29-23-12-6-5-11-22(20)23)30-17-21-10-7-14-27-24(21)31-18-19-8-3-2-4-9-19/h2-12,14,16,29H,13,15,17-18H2,1H3,(H2,26,28,30). The van der Waals surface area contributed by atoms with Gasteiger partial charge in [-0.05, 0) is 29.7 Å². The van der Waals surface area contributed by atoms with Gasteiger partial charge in [-0.2, -0.15) is 0 Å². The second kappa shape index (κ2) is 10.3. The molecule has 0 aliphatic carbocycles. The number of pyridine rings is 1. The fraction of sp³-hybridized carbons (Fsp3) is 0.200. The van der Waals surface area contributed by atoms with Gasteiger partial charge in [0.25, 0.3) is 0 Å². The summed E-state index contributed by atoms with van der Waals surface area (Å²) in [4.78, 5) is 12.1. The van der Waals surface area contributed by atoms with E-state index in [1.54, 1.807) is 13.2 Å². The minimum absolute atomic E-state index is 0.489. The Hall–Kier alpha value is -3.80. The van der Waals surface area contributed by atoms with Crippen molar-refractivity contribution in [3.63, 3.8) is 0 Å². The molecule has 2 heterocycles. The van der Waals surface area contributed by atoms with Crippen LogP contribution < -0.4 is 15.4 Å². The second-order valence-corrected chi connectivity index (χ2v) is 7.20. The van der Waals surface area contributed by atoms with Crippen molar-refractivity contribution in [2.24, 2.45) is 4.99 Å². The first-order valence-electron chi connectivity index (χ1n) is 10.4. The number of rotatable bonds is 8. The molecule has 6 nitrogen and oxygen atoms in total. The summed E-state index contributed by atoms with van der Waals surface area (Å²) in [6.07, 6.45) is 4.73. The molecule has 0 saturated carbocycles. The van der Waals surface area contributed by atoms with Crippen LogP contribution in [-0.2, 0) is 19.6 Å². The number of nitrogens with one attached hydrogen (secondary N) is 3. The summed E-state index contributed by atoms with van der Waals surface area (Å²) < 4.78 is 5.95. The van der Waals surface area contributed by atoms with Gasteiger partial charge < -0.3 is 20.4 Å². The van der Waals surface area contributed by atoms with Crippen molar-refractivity contribution in [3.05, 3.63) is 95.8 Å². The van der Waals surface area contributed by atoms with E-state index >= 15 is 0 Å². The lowest BCUT2D eigenvalue weighted by atomic mass is 10.1. The molecule has 0 spiro atoms. The van der Waals surface area contributed by atoms with E-state index in [0.29, 0.717) is 19.0 Å². The maximum Gasteiger partial charge on any atom is 0.218 e. The van der Waals surface area contributed by atoms with Crippen LogP contribution in [0.4, 0.5) is 0 Å². The molecule has 6 heteroatoms. The number of aromatic amines is 1. The van der Waals surface area contributed by atoms with Gasteiger partial charge in [-0.25, -0.2) is 4.98 Å². The molecule has 3 N–H and O–H groups in total. The zero-order chi connectivity index (χ0) is 21.3. The van der Waals surface area contributed by atoms with Crippen molar-refractivity contribution in [2.75, 3.05) is 13.6 Å². The van der Waals surface area contributed by atoms with Gasteiger partial charge in [-0.1, -0.05) is 54.6 Å². The Balaban J connectivity index is 1.29. The van der Waals surface area contributed by atoms with Crippen molar-refractivity contribution in [1.29, 1.82) is 0 Å². The fourth-order valence-electron chi connectivity index (χ4n) is 3.47. The number of guanidine groups is 1. The summed E-state index contributed by atoms with van der Waals surface area (Å²) in [5, 5.41) is 8.00. The number of hydrogen-bond acceptors (Lipinski definition) is 3. The van der Waals surface area contributed by atoms with E-state index < -0.39 is 0 Å². The van der Waals surface area contributed by atoms with Crippen LogP contribution in [-0.4, -0.2) is 29.5 Å². The third kappa shape index (κ3) is 5.42. The molecule has 0 saturated heterocycles. The van der Waals surface area contributed by atoms with Crippen LogP contribution in [0.3, 0.4) is 0 Å². The van der Waals surface area contributed by atoms with E-state index in [1.165, 1.54) is 16.5 Å². The molecule has 2 aromatic heterocycles. The molecule has 2 aromatic carbocycles. The maximum atomic E-state index is 5.95. The number of H-pyrrole nitrogens is 1.